The molecule has 6 heteroatoms. The minimum atomic E-state index is -0.320. The van der Waals surface area contributed by atoms with E-state index in [-0.39, 0.29) is 24.9 Å². The molecule has 1 N–H and O–H groups in total. The first-order valence-corrected chi connectivity index (χ1v) is 7.10. The molecule has 122 valence electrons. The zero-order valence-corrected chi connectivity index (χ0v) is 12.8. The molecule has 0 spiro atoms. The first kappa shape index (κ1) is 16.6. The van der Waals surface area contributed by atoms with Crippen LogP contribution in [0.25, 0.3) is 0 Å². The third kappa shape index (κ3) is 5.50. The molecule has 1 amide bonds. The molecular weight excluding hydrogens is 301 g/mol. The molecule has 0 aliphatic heterocycles. The second-order valence-electron chi connectivity index (χ2n) is 4.59. The summed E-state index contributed by atoms with van der Waals surface area (Å²) >= 11 is 0. The van der Waals surface area contributed by atoms with Crippen molar-refractivity contribution in [2.45, 2.75) is 0 Å². The average Bonchev–Trinajstić information content (AvgIpc) is 2.58. The number of amides is 1. The zero-order valence-electron chi connectivity index (χ0n) is 12.8. The first-order valence-electron chi connectivity index (χ1n) is 7.10. The molecule has 2 aromatic rings. The molecule has 2 rings (SSSR count). The highest BCUT2D eigenvalue weighted by molar-refractivity contribution is 5.77. The van der Waals surface area contributed by atoms with E-state index in [1.807, 2.05) is 6.07 Å². The summed E-state index contributed by atoms with van der Waals surface area (Å²) in [5.41, 5.74) is 0. The lowest BCUT2D eigenvalue weighted by atomic mass is 10.3. The lowest BCUT2D eigenvalue weighted by Gasteiger charge is -2.11. The van der Waals surface area contributed by atoms with Gasteiger partial charge in [0.2, 0.25) is 0 Å². The van der Waals surface area contributed by atoms with Crippen LogP contribution in [-0.2, 0) is 4.79 Å². The van der Waals surface area contributed by atoms with Gasteiger partial charge in [-0.1, -0.05) is 12.1 Å². The standard InChI is InChI=1S/C17H18FNO4/c1-21-15-4-2-3-5-16(15)23-12-17(20)19-10-11-22-14-8-6-13(18)7-9-14/h2-9H,10-12H2,1H3,(H,19,20). The summed E-state index contributed by atoms with van der Waals surface area (Å²) < 4.78 is 28.6. The van der Waals surface area contributed by atoms with E-state index in [2.05, 4.69) is 5.32 Å². The van der Waals surface area contributed by atoms with Gasteiger partial charge in [0, 0.05) is 0 Å². The van der Waals surface area contributed by atoms with E-state index in [0.29, 0.717) is 23.8 Å². The van der Waals surface area contributed by atoms with Crippen LogP contribution in [0, 0.1) is 5.82 Å². The van der Waals surface area contributed by atoms with E-state index in [0.717, 1.165) is 0 Å². The molecule has 0 radical (unpaired) electrons. The highest BCUT2D eigenvalue weighted by Gasteiger charge is 2.06. The highest BCUT2D eigenvalue weighted by Crippen LogP contribution is 2.25. The normalized spacial score (nSPS) is 10.0. The third-order valence-corrected chi connectivity index (χ3v) is 2.93. The van der Waals surface area contributed by atoms with E-state index >= 15 is 0 Å². The predicted molar refractivity (Wildman–Crippen MR) is 83.4 cm³/mol. The van der Waals surface area contributed by atoms with Gasteiger partial charge in [-0.25, -0.2) is 4.39 Å². The number of halogens is 1. The summed E-state index contributed by atoms with van der Waals surface area (Å²) in [6.45, 7) is 0.494. The van der Waals surface area contributed by atoms with Gasteiger partial charge in [-0.15, -0.1) is 0 Å². The number of para-hydroxylation sites is 2. The number of benzene rings is 2. The second kappa shape index (κ2) is 8.63. The van der Waals surface area contributed by atoms with Gasteiger partial charge in [0.25, 0.3) is 5.91 Å². The van der Waals surface area contributed by atoms with Crippen molar-refractivity contribution in [3.63, 3.8) is 0 Å². The molecule has 0 bridgehead atoms. The molecule has 0 saturated carbocycles. The van der Waals surface area contributed by atoms with Crippen molar-refractivity contribution in [2.24, 2.45) is 0 Å². The largest absolute Gasteiger partial charge is 0.493 e. The van der Waals surface area contributed by atoms with Crippen LogP contribution in [0.1, 0.15) is 0 Å². The Morgan fingerprint density at radius 1 is 1.04 bits per heavy atom. The number of rotatable bonds is 8. The number of carbonyl (C=O) groups excluding carboxylic acids is 1. The quantitative estimate of drug-likeness (QED) is 0.759. The van der Waals surface area contributed by atoms with Crippen LogP contribution in [0.3, 0.4) is 0 Å². The Labute approximate surface area is 134 Å². The van der Waals surface area contributed by atoms with Crippen LogP contribution in [0.5, 0.6) is 17.2 Å². The molecule has 23 heavy (non-hydrogen) atoms. The summed E-state index contributed by atoms with van der Waals surface area (Å²) in [7, 11) is 1.54. The van der Waals surface area contributed by atoms with Crippen molar-refractivity contribution < 1.29 is 23.4 Å². The van der Waals surface area contributed by atoms with Crippen LogP contribution in [0.4, 0.5) is 4.39 Å². The maximum atomic E-state index is 12.7. The molecule has 0 unspecified atom stereocenters. The van der Waals surface area contributed by atoms with Crippen LogP contribution < -0.4 is 19.5 Å². The van der Waals surface area contributed by atoms with Gasteiger partial charge in [0.15, 0.2) is 18.1 Å². The highest BCUT2D eigenvalue weighted by atomic mass is 19.1. The minimum Gasteiger partial charge on any atom is -0.493 e. The van der Waals surface area contributed by atoms with E-state index in [1.165, 1.54) is 31.4 Å². The fourth-order valence-electron chi connectivity index (χ4n) is 1.82. The monoisotopic (exact) mass is 319 g/mol. The van der Waals surface area contributed by atoms with Gasteiger partial charge < -0.3 is 19.5 Å². The minimum absolute atomic E-state index is 0.114. The van der Waals surface area contributed by atoms with E-state index in [9.17, 15) is 9.18 Å². The van der Waals surface area contributed by atoms with Gasteiger partial charge in [0.1, 0.15) is 18.2 Å². The number of carbonyl (C=O) groups is 1. The maximum Gasteiger partial charge on any atom is 0.258 e. The molecule has 0 saturated heterocycles. The number of nitrogens with one attached hydrogen (secondary N) is 1. The molecule has 0 aliphatic rings. The molecule has 0 fully saturated rings. The van der Waals surface area contributed by atoms with Crippen LogP contribution >= 0.6 is 0 Å². The molecule has 0 heterocycles. The first-order chi connectivity index (χ1) is 11.2. The second-order valence-corrected chi connectivity index (χ2v) is 4.59. The Morgan fingerprint density at radius 2 is 1.74 bits per heavy atom. The van der Waals surface area contributed by atoms with Crippen molar-refractivity contribution in [3.05, 3.63) is 54.3 Å². The Balaban J connectivity index is 1.66. The van der Waals surface area contributed by atoms with Crippen LogP contribution in [0.2, 0.25) is 0 Å². The zero-order chi connectivity index (χ0) is 16.5. The molecule has 0 aromatic heterocycles. The Morgan fingerprint density at radius 3 is 2.43 bits per heavy atom. The Bertz CT molecular complexity index is 631. The lowest BCUT2D eigenvalue weighted by molar-refractivity contribution is -0.123. The Hall–Kier alpha value is -2.76. The van der Waals surface area contributed by atoms with Crippen molar-refractivity contribution in [1.82, 2.24) is 5.32 Å². The Kier molecular flexibility index (Phi) is 6.23. The van der Waals surface area contributed by atoms with Crippen molar-refractivity contribution in [1.29, 1.82) is 0 Å². The van der Waals surface area contributed by atoms with Crippen molar-refractivity contribution >= 4 is 5.91 Å². The molecule has 5 nitrogen and oxygen atoms in total. The topological polar surface area (TPSA) is 56.8 Å². The van der Waals surface area contributed by atoms with Crippen LogP contribution in [-0.4, -0.2) is 32.8 Å². The maximum absolute atomic E-state index is 12.7. The summed E-state index contributed by atoms with van der Waals surface area (Å²) in [5, 5.41) is 2.67. The van der Waals surface area contributed by atoms with E-state index < -0.39 is 0 Å². The number of ether oxygens (including phenoxy) is 3. The number of hydrogen-bond acceptors (Lipinski definition) is 4. The van der Waals surface area contributed by atoms with Crippen molar-refractivity contribution in [2.75, 3.05) is 26.9 Å². The van der Waals surface area contributed by atoms with Gasteiger partial charge in [-0.3, -0.25) is 4.79 Å². The fraction of sp³-hybridized carbons (Fsp3) is 0.235. The van der Waals surface area contributed by atoms with E-state index in [1.54, 1.807) is 18.2 Å². The molecule has 0 atom stereocenters. The predicted octanol–water partition coefficient (Wildman–Crippen LogP) is 2.41. The smallest absolute Gasteiger partial charge is 0.258 e. The summed E-state index contributed by atoms with van der Waals surface area (Å²) in [6, 6.07) is 12.8. The molecular formula is C17H18FNO4. The van der Waals surface area contributed by atoms with Gasteiger partial charge in [-0.05, 0) is 36.4 Å². The average molecular weight is 319 g/mol. The molecule has 2 aromatic carbocycles. The number of hydrogen-bond donors (Lipinski definition) is 1. The number of methoxy groups -OCH3 is 1. The van der Waals surface area contributed by atoms with Crippen LogP contribution in [0.15, 0.2) is 48.5 Å². The lowest BCUT2D eigenvalue weighted by Crippen LogP contribution is -2.32. The van der Waals surface area contributed by atoms with Gasteiger partial charge in [-0.2, -0.15) is 0 Å². The van der Waals surface area contributed by atoms with E-state index in [4.69, 9.17) is 14.2 Å². The summed E-state index contributed by atoms with van der Waals surface area (Å²) in [6.07, 6.45) is 0. The van der Waals surface area contributed by atoms with Gasteiger partial charge >= 0.3 is 0 Å². The third-order valence-electron chi connectivity index (χ3n) is 2.93. The SMILES string of the molecule is COc1ccccc1OCC(=O)NCCOc1ccc(F)cc1. The summed E-state index contributed by atoms with van der Waals surface area (Å²) in [5.74, 6) is 1.04. The summed E-state index contributed by atoms with van der Waals surface area (Å²) in [4.78, 5) is 11.7. The van der Waals surface area contributed by atoms with Crippen molar-refractivity contribution in [3.8, 4) is 17.2 Å². The molecule has 0 aliphatic carbocycles. The van der Waals surface area contributed by atoms with Gasteiger partial charge in [0.05, 0.1) is 13.7 Å². The fourth-order valence-corrected chi connectivity index (χ4v) is 1.82.